The van der Waals surface area contributed by atoms with Crippen LogP contribution in [0.25, 0.3) is 0 Å². The molecule has 0 spiro atoms. The van der Waals surface area contributed by atoms with Crippen LogP contribution in [0.3, 0.4) is 0 Å². The fourth-order valence-corrected chi connectivity index (χ4v) is 0.190. The third-order valence-corrected chi connectivity index (χ3v) is 0.678. The number of hydrogen-bond acceptors (Lipinski definition) is 0. The first-order valence-corrected chi connectivity index (χ1v) is 1.69. The molecule has 0 atom stereocenters. The predicted octanol–water partition coefficient (Wildman–Crippen LogP) is 0.747. The normalized spacial score (nSPS) is 18.2. The van der Waals surface area contributed by atoms with E-state index in [1.54, 1.807) is 0 Å². The monoisotopic (exact) mass is 69.0 g/mol. The van der Waals surface area contributed by atoms with Crippen LogP contribution < -0.4 is 0 Å². The number of rotatable bonds is 1. The van der Waals surface area contributed by atoms with Gasteiger partial charge in [-0.3, -0.25) is 0 Å². The summed E-state index contributed by atoms with van der Waals surface area (Å²) in [7, 11) is 0. The fourth-order valence-electron chi connectivity index (χ4n) is 0.190. The van der Waals surface area contributed by atoms with Gasteiger partial charge in [0.1, 0.15) is 6.61 Å². The van der Waals surface area contributed by atoms with Crippen molar-refractivity contribution in [2.24, 2.45) is 0 Å². The first-order valence-electron chi connectivity index (χ1n) is 1.69. The Morgan fingerprint density at radius 1 is 2.00 bits per heavy atom. The van der Waals surface area contributed by atoms with Crippen molar-refractivity contribution in [1.82, 2.24) is 0 Å². The zero-order valence-electron chi connectivity index (χ0n) is 2.90. The standard InChI is InChI=1S/C4H5O/c5-3-4-1-2-4/h1H,2-3H2. The van der Waals surface area contributed by atoms with Crippen LogP contribution in [0.1, 0.15) is 6.42 Å². The van der Waals surface area contributed by atoms with E-state index < -0.39 is 0 Å². The molecule has 0 fully saturated rings. The highest BCUT2D eigenvalue weighted by Crippen LogP contribution is 2.15. The first-order chi connectivity index (χ1) is 2.43. The SMILES string of the molecule is [O]CC1=CC1. The molecule has 0 N–H and O–H groups in total. The van der Waals surface area contributed by atoms with Gasteiger partial charge in [0.05, 0.1) is 0 Å². The molecule has 1 aliphatic carbocycles. The van der Waals surface area contributed by atoms with E-state index in [0.29, 0.717) is 0 Å². The first kappa shape index (κ1) is 2.91. The molecule has 1 radical (unpaired) electrons. The molecule has 0 amide bonds. The van der Waals surface area contributed by atoms with E-state index in [2.05, 4.69) is 0 Å². The zero-order chi connectivity index (χ0) is 3.70. The molecule has 0 saturated carbocycles. The second-order valence-electron chi connectivity index (χ2n) is 1.21. The molecule has 0 heterocycles. The van der Waals surface area contributed by atoms with Gasteiger partial charge in [0.2, 0.25) is 0 Å². The lowest BCUT2D eigenvalue weighted by Gasteiger charge is -1.64. The number of allylic oxidation sites excluding steroid dienone is 1. The summed E-state index contributed by atoms with van der Waals surface area (Å²) in [6.45, 7) is 0.0278. The van der Waals surface area contributed by atoms with Gasteiger partial charge in [0.25, 0.3) is 0 Å². The molecule has 1 nitrogen and oxygen atoms in total. The smallest absolute Gasteiger partial charge is 0.104 e. The summed E-state index contributed by atoms with van der Waals surface area (Å²) in [6.07, 6.45) is 2.94. The van der Waals surface area contributed by atoms with Gasteiger partial charge >= 0.3 is 0 Å². The number of hydrogen-bond donors (Lipinski definition) is 0. The third kappa shape index (κ3) is 0.484. The quantitative estimate of drug-likeness (QED) is 0.405. The van der Waals surface area contributed by atoms with Gasteiger partial charge in [-0.2, -0.15) is 0 Å². The van der Waals surface area contributed by atoms with E-state index in [4.69, 9.17) is 0 Å². The Kier molecular flexibility index (Phi) is 0.484. The van der Waals surface area contributed by atoms with Crippen LogP contribution in [0, 0.1) is 0 Å². The van der Waals surface area contributed by atoms with Crippen molar-refractivity contribution in [3.05, 3.63) is 11.6 Å². The van der Waals surface area contributed by atoms with Crippen LogP contribution in [-0.2, 0) is 5.11 Å². The molecule has 0 aromatic rings. The van der Waals surface area contributed by atoms with Crippen molar-refractivity contribution >= 4 is 0 Å². The van der Waals surface area contributed by atoms with Gasteiger partial charge in [-0.05, 0) is 12.0 Å². The second-order valence-corrected chi connectivity index (χ2v) is 1.21. The summed E-state index contributed by atoms with van der Waals surface area (Å²) in [6, 6.07) is 0. The summed E-state index contributed by atoms with van der Waals surface area (Å²) < 4.78 is 0. The van der Waals surface area contributed by atoms with Crippen LogP contribution in [0.15, 0.2) is 11.6 Å². The molecule has 0 unspecified atom stereocenters. The van der Waals surface area contributed by atoms with E-state index in [1.165, 1.54) is 0 Å². The Labute approximate surface area is 30.9 Å². The van der Waals surface area contributed by atoms with Crippen molar-refractivity contribution in [1.29, 1.82) is 0 Å². The minimum absolute atomic E-state index is 0.0278. The largest absolute Gasteiger partial charge is 0.232 e. The molecule has 0 aromatic carbocycles. The fraction of sp³-hybridized carbons (Fsp3) is 0.500. The van der Waals surface area contributed by atoms with Crippen molar-refractivity contribution in [3.63, 3.8) is 0 Å². The molecule has 0 bridgehead atoms. The van der Waals surface area contributed by atoms with Crippen molar-refractivity contribution in [2.75, 3.05) is 6.61 Å². The Balaban J connectivity index is 2.22. The topological polar surface area (TPSA) is 19.9 Å². The lowest BCUT2D eigenvalue weighted by molar-refractivity contribution is 0.226. The summed E-state index contributed by atoms with van der Waals surface area (Å²) in [5.74, 6) is 0. The summed E-state index contributed by atoms with van der Waals surface area (Å²) in [5.41, 5.74) is 1.07. The van der Waals surface area contributed by atoms with Crippen LogP contribution in [0.2, 0.25) is 0 Å². The summed E-state index contributed by atoms with van der Waals surface area (Å²) >= 11 is 0. The molecular formula is C4H5O. The lowest BCUT2D eigenvalue weighted by atomic mass is 10.5. The van der Waals surface area contributed by atoms with Crippen molar-refractivity contribution < 1.29 is 5.11 Å². The Bertz CT molecular complexity index is 64.0. The molecule has 1 aliphatic rings. The average molecular weight is 69.1 g/mol. The molecule has 0 aliphatic heterocycles. The zero-order valence-corrected chi connectivity index (χ0v) is 2.90. The van der Waals surface area contributed by atoms with Gasteiger partial charge < -0.3 is 0 Å². The molecule has 27 valence electrons. The van der Waals surface area contributed by atoms with Gasteiger partial charge in [0, 0.05) is 0 Å². The molecule has 1 rings (SSSR count). The summed E-state index contributed by atoms with van der Waals surface area (Å²) in [4.78, 5) is 0. The average Bonchev–Trinajstić information content (AvgIpc) is 2.12. The van der Waals surface area contributed by atoms with Gasteiger partial charge in [-0.1, -0.05) is 6.08 Å². The highest BCUT2D eigenvalue weighted by Gasteiger charge is 2.02. The minimum atomic E-state index is 0.0278. The van der Waals surface area contributed by atoms with E-state index in [1.807, 2.05) is 6.08 Å². The molecule has 0 saturated heterocycles. The van der Waals surface area contributed by atoms with Crippen LogP contribution in [0.4, 0.5) is 0 Å². The van der Waals surface area contributed by atoms with E-state index in [-0.39, 0.29) is 6.61 Å². The summed E-state index contributed by atoms with van der Waals surface area (Å²) in [5, 5.41) is 9.62. The highest BCUT2D eigenvalue weighted by atomic mass is 16.3. The molecule has 0 aromatic heterocycles. The van der Waals surface area contributed by atoms with Gasteiger partial charge in [-0.15, -0.1) is 0 Å². The van der Waals surface area contributed by atoms with Crippen LogP contribution in [0.5, 0.6) is 0 Å². The Hall–Kier alpha value is -0.300. The predicted molar refractivity (Wildman–Crippen MR) is 18.3 cm³/mol. The van der Waals surface area contributed by atoms with Gasteiger partial charge in [-0.25, -0.2) is 5.11 Å². The maximum atomic E-state index is 9.62. The molecule has 1 heteroatoms. The Morgan fingerprint density at radius 3 is 2.60 bits per heavy atom. The highest BCUT2D eigenvalue weighted by molar-refractivity contribution is 5.21. The Morgan fingerprint density at radius 2 is 2.60 bits per heavy atom. The van der Waals surface area contributed by atoms with Crippen molar-refractivity contribution in [3.8, 4) is 0 Å². The van der Waals surface area contributed by atoms with E-state index in [0.717, 1.165) is 12.0 Å². The van der Waals surface area contributed by atoms with Crippen molar-refractivity contribution in [2.45, 2.75) is 6.42 Å². The van der Waals surface area contributed by atoms with E-state index >= 15 is 0 Å². The lowest BCUT2D eigenvalue weighted by Crippen LogP contribution is -1.66. The van der Waals surface area contributed by atoms with E-state index in [9.17, 15) is 5.11 Å². The maximum absolute atomic E-state index is 9.62. The van der Waals surface area contributed by atoms with Crippen LogP contribution in [-0.4, -0.2) is 6.61 Å². The maximum Gasteiger partial charge on any atom is 0.104 e. The van der Waals surface area contributed by atoms with Crippen LogP contribution >= 0.6 is 0 Å². The third-order valence-electron chi connectivity index (χ3n) is 0.678. The van der Waals surface area contributed by atoms with Gasteiger partial charge in [0.15, 0.2) is 0 Å². The molecular weight excluding hydrogens is 64.0 g/mol. The minimum Gasteiger partial charge on any atom is -0.232 e. The second kappa shape index (κ2) is 0.830. The molecule has 5 heavy (non-hydrogen) atoms.